The van der Waals surface area contributed by atoms with Crippen LogP contribution in [0.25, 0.3) is 0 Å². The summed E-state index contributed by atoms with van der Waals surface area (Å²) in [5.41, 5.74) is 5.19. The largest absolute Gasteiger partial charge is 0.318 e. The number of likely N-dealkylation sites (N-methyl/N-ethyl adjacent to an activating group) is 1. The van der Waals surface area contributed by atoms with E-state index in [1.165, 1.54) is 0 Å². The zero-order valence-electron chi connectivity index (χ0n) is 5.57. The van der Waals surface area contributed by atoms with E-state index in [2.05, 4.69) is 17.6 Å². The van der Waals surface area contributed by atoms with E-state index in [0.717, 1.165) is 6.54 Å². The third kappa shape index (κ3) is 4.05. The summed E-state index contributed by atoms with van der Waals surface area (Å²) in [7, 11) is 1.93. The van der Waals surface area contributed by atoms with Crippen LogP contribution in [-0.4, -0.2) is 26.3 Å². The van der Waals surface area contributed by atoms with Gasteiger partial charge in [-0.25, -0.2) is 0 Å². The Morgan fingerprint density at radius 2 is 2.25 bits per heavy atom. The molecule has 0 bridgehead atoms. The third-order valence-electron chi connectivity index (χ3n) is 1.09. The van der Waals surface area contributed by atoms with Crippen molar-refractivity contribution in [1.29, 1.82) is 0 Å². The molecule has 0 rings (SSSR count). The van der Waals surface area contributed by atoms with Crippen molar-refractivity contribution >= 4 is 0 Å². The summed E-state index contributed by atoms with van der Waals surface area (Å²) in [5.74, 6) is 0. The van der Waals surface area contributed by atoms with E-state index < -0.39 is 0 Å². The van der Waals surface area contributed by atoms with Crippen LogP contribution in [0.15, 0.2) is 0 Å². The minimum absolute atomic E-state index is 0.513. The zero-order valence-corrected chi connectivity index (χ0v) is 5.57. The smallest absolute Gasteiger partial charge is 0.0429 e. The molecule has 0 spiro atoms. The van der Waals surface area contributed by atoms with Crippen LogP contribution in [0.1, 0.15) is 6.92 Å². The molecule has 3 nitrogen and oxygen atoms in total. The van der Waals surface area contributed by atoms with E-state index in [1.54, 1.807) is 0 Å². The Hall–Kier alpha value is -0.120. The highest BCUT2D eigenvalue weighted by Gasteiger charge is 1.92. The topological polar surface area (TPSA) is 50.1 Å². The van der Waals surface area contributed by atoms with Crippen molar-refractivity contribution in [2.45, 2.75) is 13.0 Å². The quantitative estimate of drug-likeness (QED) is 0.418. The second-order valence-corrected chi connectivity index (χ2v) is 1.85. The summed E-state index contributed by atoms with van der Waals surface area (Å²) < 4.78 is 0. The summed E-state index contributed by atoms with van der Waals surface area (Å²) in [6, 6.07) is 0.513. The molecule has 0 aliphatic heterocycles. The van der Waals surface area contributed by atoms with Crippen molar-refractivity contribution in [3.63, 3.8) is 0 Å². The molecule has 0 saturated heterocycles. The SMILES string of the molecule is CNC(C)CNCN. The van der Waals surface area contributed by atoms with Crippen LogP contribution >= 0.6 is 0 Å². The first-order chi connectivity index (χ1) is 3.81. The first kappa shape index (κ1) is 7.88. The van der Waals surface area contributed by atoms with Gasteiger partial charge in [-0.3, -0.25) is 0 Å². The molecule has 0 aliphatic carbocycles. The lowest BCUT2D eigenvalue weighted by Gasteiger charge is -2.08. The standard InChI is InChI=1S/C5H15N3/c1-5(7-2)3-8-4-6/h5,7-8H,3-4,6H2,1-2H3. The predicted octanol–water partition coefficient (Wildman–Crippen LogP) is -0.900. The minimum Gasteiger partial charge on any atom is -0.318 e. The van der Waals surface area contributed by atoms with Crippen LogP contribution in [0, 0.1) is 0 Å². The molecule has 4 N–H and O–H groups in total. The highest BCUT2D eigenvalue weighted by atomic mass is 15.0. The molecule has 0 radical (unpaired) electrons. The maximum Gasteiger partial charge on any atom is 0.0429 e. The molecule has 3 heteroatoms. The van der Waals surface area contributed by atoms with E-state index in [4.69, 9.17) is 5.73 Å². The number of hydrogen-bond donors (Lipinski definition) is 3. The van der Waals surface area contributed by atoms with Crippen molar-refractivity contribution in [1.82, 2.24) is 10.6 Å². The molecule has 0 aromatic rings. The van der Waals surface area contributed by atoms with Crippen molar-refractivity contribution in [3.05, 3.63) is 0 Å². The molecule has 0 heterocycles. The van der Waals surface area contributed by atoms with Crippen molar-refractivity contribution < 1.29 is 0 Å². The van der Waals surface area contributed by atoms with E-state index in [0.29, 0.717) is 12.7 Å². The van der Waals surface area contributed by atoms with Gasteiger partial charge < -0.3 is 16.4 Å². The summed E-state index contributed by atoms with van der Waals surface area (Å²) in [5, 5.41) is 6.10. The Labute approximate surface area is 50.6 Å². The van der Waals surface area contributed by atoms with Crippen LogP contribution in [0.3, 0.4) is 0 Å². The second kappa shape index (κ2) is 5.03. The highest BCUT2D eigenvalue weighted by molar-refractivity contribution is 4.58. The molecule has 0 aromatic carbocycles. The van der Waals surface area contributed by atoms with E-state index in [1.807, 2.05) is 7.05 Å². The highest BCUT2D eigenvalue weighted by Crippen LogP contribution is 1.71. The lowest BCUT2D eigenvalue weighted by Crippen LogP contribution is -2.36. The maximum atomic E-state index is 5.19. The second-order valence-electron chi connectivity index (χ2n) is 1.85. The van der Waals surface area contributed by atoms with Gasteiger partial charge in [0.15, 0.2) is 0 Å². The normalized spacial score (nSPS) is 13.9. The van der Waals surface area contributed by atoms with Gasteiger partial charge in [-0.05, 0) is 14.0 Å². The number of rotatable bonds is 4. The van der Waals surface area contributed by atoms with Gasteiger partial charge in [0.2, 0.25) is 0 Å². The Morgan fingerprint density at radius 1 is 1.62 bits per heavy atom. The van der Waals surface area contributed by atoms with Gasteiger partial charge >= 0.3 is 0 Å². The van der Waals surface area contributed by atoms with E-state index in [9.17, 15) is 0 Å². The molecule has 0 amide bonds. The number of hydrogen-bond acceptors (Lipinski definition) is 3. The first-order valence-corrected chi connectivity index (χ1v) is 2.89. The average molecular weight is 117 g/mol. The van der Waals surface area contributed by atoms with Gasteiger partial charge in [0.05, 0.1) is 0 Å². The van der Waals surface area contributed by atoms with Crippen molar-refractivity contribution in [2.75, 3.05) is 20.3 Å². The van der Waals surface area contributed by atoms with Gasteiger partial charge in [0.1, 0.15) is 0 Å². The summed E-state index contributed by atoms with van der Waals surface area (Å²) >= 11 is 0. The van der Waals surface area contributed by atoms with Crippen molar-refractivity contribution in [3.8, 4) is 0 Å². The molecule has 0 aliphatic rings. The van der Waals surface area contributed by atoms with Gasteiger partial charge in [0.25, 0.3) is 0 Å². The van der Waals surface area contributed by atoms with Crippen LogP contribution in [0.2, 0.25) is 0 Å². The summed E-state index contributed by atoms with van der Waals surface area (Å²) in [6.45, 7) is 3.60. The fourth-order valence-electron chi connectivity index (χ4n) is 0.402. The van der Waals surface area contributed by atoms with Crippen LogP contribution < -0.4 is 16.4 Å². The Kier molecular flexibility index (Phi) is 4.95. The lowest BCUT2D eigenvalue weighted by atomic mass is 10.3. The first-order valence-electron chi connectivity index (χ1n) is 2.89. The van der Waals surface area contributed by atoms with Gasteiger partial charge in [-0.15, -0.1) is 0 Å². The average Bonchev–Trinajstić information content (AvgIpc) is 1.83. The lowest BCUT2D eigenvalue weighted by molar-refractivity contribution is 0.547. The number of nitrogens with one attached hydrogen (secondary N) is 2. The summed E-state index contributed by atoms with van der Waals surface area (Å²) in [4.78, 5) is 0. The Balaban J connectivity index is 2.86. The van der Waals surface area contributed by atoms with Gasteiger partial charge in [-0.2, -0.15) is 0 Å². The Bertz CT molecular complexity index is 46.9. The van der Waals surface area contributed by atoms with E-state index >= 15 is 0 Å². The van der Waals surface area contributed by atoms with Crippen LogP contribution in [0.5, 0.6) is 0 Å². The molecular weight excluding hydrogens is 102 g/mol. The Morgan fingerprint density at radius 3 is 2.62 bits per heavy atom. The molecule has 50 valence electrons. The molecule has 1 unspecified atom stereocenters. The molecular formula is C5H15N3. The van der Waals surface area contributed by atoms with Gasteiger partial charge in [0, 0.05) is 19.3 Å². The van der Waals surface area contributed by atoms with Crippen LogP contribution in [0.4, 0.5) is 0 Å². The fourth-order valence-corrected chi connectivity index (χ4v) is 0.402. The van der Waals surface area contributed by atoms with E-state index in [-0.39, 0.29) is 0 Å². The third-order valence-corrected chi connectivity index (χ3v) is 1.09. The monoisotopic (exact) mass is 117 g/mol. The van der Waals surface area contributed by atoms with Crippen LogP contribution in [-0.2, 0) is 0 Å². The van der Waals surface area contributed by atoms with Crippen molar-refractivity contribution in [2.24, 2.45) is 5.73 Å². The molecule has 8 heavy (non-hydrogen) atoms. The molecule has 0 saturated carbocycles. The summed E-state index contributed by atoms with van der Waals surface area (Å²) in [6.07, 6.45) is 0. The maximum absolute atomic E-state index is 5.19. The van der Waals surface area contributed by atoms with Gasteiger partial charge in [-0.1, -0.05) is 0 Å². The molecule has 1 atom stereocenters. The molecule has 0 fully saturated rings. The predicted molar refractivity (Wildman–Crippen MR) is 35.6 cm³/mol. The fraction of sp³-hybridized carbons (Fsp3) is 1.00. The molecule has 0 aromatic heterocycles. The minimum atomic E-state index is 0.513. The zero-order chi connectivity index (χ0) is 6.41. The number of nitrogens with two attached hydrogens (primary N) is 1.